The van der Waals surface area contributed by atoms with E-state index in [1.807, 2.05) is 24.5 Å². The maximum atomic E-state index is 5.40. The average molecular weight is 148 g/mol. The molecule has 0 unspecified atom stereocenters. The van der Waals surface area contributed by atoms with Gasteiger partial charge >= 0.3 is 0 Å². The molecule has 2 aromatic rings. The molecule has 0 aliphatic rings. The lowest BCUT2D eigenvalue weighted by atomic mass is 10.5. The lowest BCUT2D eigenvalue weighted by molar-refractivity contribution is 0.484. The zero-order valence-corrected chi connectivity index (χ0v) is 5.87. The monoisotopic (exact) mass is 148 g/mol. The molecule has 0 atom stereocenters. The zero-order valence-electron chi connectivity index (χ0n) is 5.87. The van der Waals surface area contributed by atoms with E-state index in [-0.39, 0.29) is 0 Å². The lowest BCUT2D eigenvalue weighted by Gasteiger charge is -1.96. The number of aromatic amines is 2. The van der Waals surface area contributed by atoms with Gasteiger partial charge in [0.2, 0.25) is 0 Å². The molecule has 0 amide bonds. The van der Waals surface area contributed by atoms with E-state index in [1.54, 1.807) is 12.4 Å². The molecule has 0 saturated heterocycles. The standard InChI is InChI=1S/C8H8N2O/c1-3-9-5-7(1)11-8-2-4-10-6-8/h1-6,9-10H. The second-order valence-corrected chi connectivity index (χ2v) is 2.20. The third-order valence-electron chi connectivity index (χ3n) is 1.37. The Balaban J connectivity index is 2.14. The summed E-state index contributed by atoms with van der Waals surface area (Å²) < 4.78 is 5.40. The quantitative estimate of drug-likeness (QED) is 0.673. The van der Waals surface area contributed by atoms with Crippen LogP contribution in [0.15, 0.2) is 36.9 Å². The van der Waals surface area contributed by atoms with Crippen molar-refractivity contribution in [1.82, 2.24) is 9.97 Å². The Kier molecular flexibility index (Phi) is 1.41. The summed E-state index contributed by atoms with van der Waals surface area (Å²) >= 11 is 0. The highest BCUT2D eigenvalue weighted by molar-refractivity contribution is 5.26. The fraction of sp³-hybridized carbons (Fsp3) is 0. The lowest BCUT2D eigenvalue weighted by Crippen LogP contribution is -1.76. The molecule has 2 N–H and O–H groups in total. The third kappa shape index (κ3) is 1.26. The molecule has 0 fully saturated rings. The summed E-state index contributed by atoms with van der Waals surface area (Å²) in [6.07, 6.45) is 7.24. The topological polar surface area (TPSA) is 40.8 Å². The van der Waals surface area contributed by atoms with Crippen molar-refractivity contribution in [1.29, 1.82) is 0 Å². The van der Waals surface area contributed by atoms with Gasteiger partial charge in [0.1, 0.15) is 11.5 Å². The summed E-state index contributed by atoms with van der Waals surface area (Å²) in [4.78, 5) is 5.81. The molecular weight excluding hydrogens is 140 g/mol. The van der Waals surface area contributed by atoms with Crippen LogP contribution in [0.2, 0.25) is 0 Å². The van der Waals surface area contributed by atoms with Crippen molar-refractivity contribution in [2.75, 3.05) is 0 Å². The highest BCUT2D eigenvalue weighted by Gasteiger charge is 1.94. The number of hydrogen-bond donors (Lipinski definition) is 2. The number of aromatic nitrogens is 2. The molecule has 0 aliphatic carbocycles. The summed E-state index contributed by atoms with van der Waals surface area (Å²) in [6, 6.07) is 3.74. The first-order chi connectivity index (χ1) is 5.45. The molecule has 0 radical (unpaired) electrons. The van der Waals surface area contributed by atoms with Crippen LogP contribution in [0.1, 0.15) is 0 Å². The molecule has 3 heteroatoms. The van der Waals surface area contributed by atoms with Crippen LogP contribution in [0, 0.1) is 0 Å². The van der Waals surface area contributed by atoms with Crippen LogP contribution in [0.3, 0.4) is 0 Å². The van der Waals surface area contributed by atoms with Crippen LogP contribution in [0.4, 0.5) is 0 Å². The number of rotatable bonds is 2. The number of ether oxygens (including phenoxy) is 1. The normalized spacial score (nSPS) is 9.82. The van der Waals surface area contributed by atoms with Gasteiger partial charge in [0.25, 0.3) is 0 Å². The van der Waals surface area contributed by atoms with Gasteiger partial charge in [-0.25, -0.2) is 0 Å². The minimum atomic E-state index is 0.824. The van der Waals surface area contributed by atoms with Crippen molar-refractivity contribution in [2.45, 2.75) is 0 Å². The van der Waals surface area contributed by atoms with E-state index < -0.39 is 0 Å². The Morgan fingerprint density at radius 2 is 1.45 bits per heavy atom. The van der Waals surface area contributed by atoms with Gasteiger partial charge in [-0.15, -0.1) is 0 Å². The Bertz CT molecular complexity index is 264. The maximum absolute atomic E-state index is 5.40. The average Bonchev–Trinajstić information content (AvgIpc) is 2.60. The van der Waals surface area contributed by atoms with Crippen molar-refractivity contribution in [2.24, 2.45) is 0 Å². The van der Waals surface area contributed by atoms with E-state index >= 15 is 0 Å². The molecule has 0 aliphatic heterocycles. The van der Waals surface area contributed by atoms with Gasteiger partial charge in [-0.2, -0.15) is 0 Å². The van der Waals surface area contributed by atoms with Gasteiger partial charge in [0, 0.05) is 24.8 Å². The van der Waals surface area contributed by atoms with Crippen LogP contribution in [0.5, 0.6) is 11.5 Å². The first kappa shape index (κ1) is 6.09. The summed E-state index contributed by atoms with van der Waals surface area (Å²) in [5.74, 6) is 1.65. The molecule has 0 bridgehead atoms. The Morgan fingerprint density at radius 3 is 1.82 bits per heavy atom. The Hall–Kier alpha value is -1.64. The first-order valence-corrected chi connectivity index (χ1v) is 3.38. The highest BCUT2D eigenvalue weighted by Crippen LogP contribution is 2.18. The van der Waals surface area contributed by atoms with E-state index in [0.29, 0.717) is 0 Å². The van der Waals surface area contributed by atoms with Crippen LogP contribution in [-0.4, -0.2) is 9.97 Å². The molecule has 2 aromatic heterocycles. The van der Waals surface area contributed by atoms with Crippen LogP contribution in [0.25, 0.3) is 0 Å². The maximum Gasteiger partial charge on any atom is 0.144 e. The SMILES string of the molecule is c1cc(Oc2cc[nH]c2)c[nH]1. The molecule has 2 rings (SSSR count). The minimum absolute atomic E-state index is 0.824. The second kappa shape index (κ2) is 2.54. The molecule has 0 aromatic carbocycles. The van der Waals surface area contributed by atoms with Gasteiger partial charge in [0.05, 0.1) is 0 Å². The van der Waals surface area contributed by atoms with Gasteiger partial charge in [0.15, 0.2) is 0 Å². The predicted molar refractivity (Wildman–Crippen MR) is 41.7 cm³/mol. The van der Waals surface area contributed by atoms with E-state index in [9.17, 15) is 0 Å². The smallest absolute Gasteiger partial charge is 0.144 e. The van der Waals surface area contributed by atoms with E-state index in [2.05, 4.69) is 9.97 Å². The predicted octanol–water partition coefficient (Wildman–Crippen LogP) is 2.14. The Morgan fingerprint density at radius 1 is 0.909 bits per heavy atom. The van der Waals surface area contributed by atoms with Gasteiger partial charge in [-0.05, 0) is 12.1 Å². The van der Waals surface area contributed by atoms with Gasteiger partial charge in [-0.3, -0.25) is 0 Å². The summed E-state index contributed by atoms with van der Waals surface area (Å²) in [7, 11) is 0. The zero-order chi connectivity index (χ0) is 7.52. The third-order valence-corrected chi connectivity index (χ3v) is 1.37. The van der Waals surface area contributed by atoms with Crippen molar-refractivity contribution < 1.29 is 4.74 Å². The molecule has 2 heterocycles. The van der Waals surface area contributed by atoms with Gasteiger partial charge in [-0.1, -0.05) is 0 Å². The second-order valence-electron chi connectivity index (χ2n) is 2.20. The summed E-state index contributed by atoms with van der Waals surface area (Å²) in [5.41, 5.74) is 0. The van der Waals surface area contributed by atoms with Crippen LogP contribution in [-0.2, 0) is 0 Å². The fourth-order valence-corrected chi connectivity index (χ4v) is 0.880. The number of nitrogens with one attached hydrogen (secondary N) is 2. The summed E-state index contributed by atoms with van der Waals surface area (Å²) in [6.45, 7) is 0. The van der Waals surface area contributed by atoms with Crippen molar-refractivity contribution >= 4 is 0 Å². The van der Waals surface area contributed by atoms with Crippen molar-refractivity contribution in [3.8, 4) is 11.5 Å². The first-order valence-electron chi connectivity index (χ1n) is 3.38. The van der Waals surface area contributed by atoms with Crippen molar-refractivity contribution in [3.63, 3.8) is 0 Å². The molecular formula is C8H8N2O. The van der Waals surface area contributed by atoms with E-state index in [1.165, 1.54) is 0 Å². The molecule has 11 heavy (non-hydrogen) atoms. The van der Waals surface area contributed by atoms with Crippen LogP contribution < -0.4 is 4.74 Å². The summed E-state index contributed by atoms with van der Waals surface area (Å²) in [5, 5.41) is 0. The minimum Gasteiger partial charge on any atom is -0.454 e. The Labute approximate surface area is 64.0 Å². The molecule has 0 spiro atoms. The van der Waals surface area contributed by atoms with Crippen molar-refractivity contribution in [3.05, 3.63) is 36.9 Å². The van der Waals surface area contributed by atoms with E-state index in [4.69, 9.17) is 4.74 Å². The molecule has 0 saturated carbocycles. The molecule has 56 valence electrons. The number of hydrogen-bond acceptors (Lipinski definition) is 1. The van der Waals surface area contributed by atoms with Crippen LogP contribution >= 0.6 is 0 Å². The highest BCUT2D eigenvalue weighted by atomic mass is 16.5. The molecule has 3 nitrogen and oxygen atoms in total. The largest absolute Gasteiger partial charge is 0.454 e. The van der Waals surface area contributed by atoms with Gasteiger partial charge < -0.3 is 14.7 Å². The van der Waals surface area contributed by atoms with E-state index in [0.717, 1.165) is 11.5 Å². The fourth-order valence-electron chi connectivity index (χ4n) is 0.880. The number of H-pyrrole nitrogens is 2.